The topological polar surface area (TPSA) is 161 Å². The largest absolute Gasteiger partial charge is 0.490 e. The molecule has 0 atom stereocenters. The number of hydrogen-bond donors (Lipinski definition) is 3. The fourth-order valence-corrected chi connectivity index (χ4v) is 3.44. The first-order valence-corrected chi connectivity index (χ1v) is 10.1. The van der Waals surface area contributed by atoms with Gasteiger partial charge in [-0.3, -0.25) is 9.78 Å². The quantitative estimate of drug-likeness (QED) is 0.246. The molecule has 5 N–H and O–H groups in total. The Balaban J connectivity index is 2.22. The molecular weight excluding hydrogens is 410 g/mol. The third kappa shape index (κ3) is 4.66. The molecule has 3 aromatic rings. The molecule has 0 spiro atoms. The second-order valence-electron chi connectivity index (χ2n) is 6.75. The van der Waals surface area contributed by atoms with Crippen molar-refractivity contribution in [3.05, 3.63) is 63.7 Å². The van der Waals surface area contributed by atoms with Gasteiger partial charge in [0.05, 0.1) is 36.5 Å². The molecule has 0 fully saturated rings. The highest BCUT2D eigenvalue weighted by Gasteiger charge is 2.18. The molecule has 3 rings (SSSR count). The summed E-state index contributed by atoms with van der Waals surface area (Å²) in [4.78, 5) is 19.4. The number of carbonyl (C=O) groups excluding carboxylic acids is 1. The van der Waals surface area contributed by atoms with Crippen LogP contribution in [-0.4, -0.2) is 24.1 Å². The van der Waals surface area contributed by atoms with Crippen molar-refractivity contribution in [3.63, 3.8) is 0 Å². The number of pyridine rings is 1. The Bertz CT molecular complexity index is 1190. The maximum Gasteiger partial charge on any atom is 0.252 e. The number of nitrogens with zero attached hydrogens (tertiary/aromatic N) is 4. The van der Waals surface area contributed by atoms with Crippen LogP contribution in [0.5, 0.6) is 11.5 Å². The monoisotopic (exact) mass is 435 g/mol. The highest BCUT2D eigenvalue weighted by Crippen LogP contribution is 2.38. The molecule has 0 aliphatic carbocycles. The van der Waals surface area contributed by atoms with Crippen LogP contribution in [0.15, 0.2) is 41.6 Å². The number of anilines is 2. The smallest absolute Gasteiger partial charge is 0.252 e. The highest BCUT2D eigenvalue weighted by molar-refractivity contribution is 6.08. The average Bonchev–Trinajstić information content (AvgIpc) is 2.78. The van der Waals surface area contributed by atoms with E-state index < -0.39 is 5.91 Å². The normalized spacial score (nSPS) is 10.5. The number of fused-ring (bicyclic) bond motifs is 1. The van der Waals surface area contributed by atoms with Crippen LogP contribution in [0.3, 0.4) is 0 Å². The standard InChI is InChI=1S/C22H25N7O3/c1-3-31-19-8-14-18(9-20(19)32-4-2)26-12-16(22(24)30)21(14)28-17-7-5-6-13(11-27-29-25)15(17)10-23/h5-9,12H,3-4,10-11,23H2,1-2H3,(H2,24,30)(H,26,28). The molecule has 2 aromatic carbocycles. The molecule has 10 nitrogen and oxygen atoms in total. The fourth-order valence-electron chi connectivity index (χ4n) is 3.44. The van der Waals surface area contributed by atoms with E-state index >= 15 is 0 Å². The number of hydrogen-bond acceptors (Lipinski definition) is 7. The van der Waals surface area contributed by atoms with E-state index in [9.17, 15) is 4.79 Å². The summed E-state index contributed by atoms with van der Waals surface area (Å²) in [5.41, 5.74) is 23.8. The number of nitrogens with two attached hydrogens (primary N) is 2. The lowest BCUT2D eigenvalue weighted by molar-refractivity contribution is 0.100. The number of amides is 1. The number of rotatable bonds is 10. The fraction of sp³-hybridized carbons (Fsp3) is 0.273. The Morgan fingerprint density at radius 3 is 2.56 bits per heavy atom. The number of carbonyl (C=O) groups is 1. The number of aromatic nitrogens is 1. The maximum absolute atomic E-state index is 12.2. The van der Waals surface area contributed by atoms with Gasteiger partial charge in [0.1, 0.15) is 0 Å². The lowest BCUT2D eigenvalue weighted by Crippen LogP contribution is -2.15. The molecule has 0 aliphatic rings. The SMILES string of the molecule is CCOc1cc2ncc(C(N)=O)c(Nc3cccc(CN=[N+]=[N-])c3CN)c2cc1OCC. The first-order valence-electron chi connectivity index (χ1n) is 10.1. The van der Waals surface area contributed by atoms with Gasteiger partial charge >= 0.3 is 0 Å². The zero-order valence-corrected chi connectivity index (χ0v) is 18.0. The molecule has 10 heteroatoms. The van der Waals surface area contributed by atoms with E-state index in [1.807, 2.05) is 32.0 Å². The lowest BCUT2D eigenvalue weighted by Gasteiger charge is -2.19. The number of primary amides is 1. The molecule has 0 aliphatic heterocycles. The maximum atomic E-state index is 12.2. The van der Waals surface area contributed by atoms with Crippen molar-refractivity contribution in [3.8, 4) is 11.5 Å². The minimum atomic E-state index is -0.631. The lowest BCUT2D eigenvalue weighted by atomic mass is 10.0. The van der Waals surface area contributed by atoms with Gasteiger partial charge in [0.2, 0.25) is 0 Å². The van der Waals surface area contributed by atoms with E-state index in [1.54, 1.807) is 12.1 Å². The summed E-state index contributed by atoms with van der Waals surface area (Å²) in [5.74, 6) is 0.462. The first-order chi connectivity index (χ1) is 15.5. The summed E-state index contributed by atoms with van der Waals surface area (Å²) < 4.78 is 11.4. The molecule has 1 aromatic heterocycles. The summed E-state index contributed by atoms with van der Waals surface area (Å²) in [6.07, 6.45) is 1.43. The summed E-state index contributed by atoms with van der Waals surface area (Å²) in [6.45, 7) is 5.02. The number of nitrogens with one attached hydrogen (secondary N) is 1. The van der Waals surface area contributed by atoms with Gasteiger partial charge in [0.15, 0.2) is 11.5 Å². The van der Waals surface area contributed by atoms with Gasteiger partial charge in [-0.15, -0.1) is 0 Å². The van der Waals surface area contributed by atoms with Crippen LogP contribution < -0.4 is 26.3 Å². The second kappa shape index (κ2) is 10.3. The van der Waals surface area contributed by atoms with Crippen molar-refractivity contribution in [2.45, 2.75) is 26.9 Å². The van der Waals surface area contributed by atoms with Crippen LogP contribution in [0, 0.1) is 0 Å². The van der Waals surface area contributed by atoms with Crippen LogP contribution in [0.25, 0.3) is 21.3 Å². The van der Waals surface area contributed by atoms with Crippen molar-refractivity contribution in [1.29, 1.82) is 0 Å². The van der Waals surface area contributed by atoms with Gasteiger partial charge in [-0.05, 0) is 42.6 Å². The first kappa shape index (κ1) is 22.7. The molecule has 1 amide bonds. The Hall–Kier alpha value is -4.01. The minimum absolute atomic E-state index is 0.157. The molecule has 0 radical (unpaired) electrons. The van der Waals surface area contributed by atoms with E-state index in [0.717, 1.165) is 11.1 Å². The van der Waals surface area contributed by atoms with Gasteiger partial charge in [-0.2, -0.15) is 0 Å². The predicted octanol–water partition coefficient (Wildman–Crippen LogP) is 4.14. The number of benzene rings is 2. The molecule has 0 saturated heterocycles. The van der Waals surface area contributed by atoms with Gasteiger partial charge in [0.25, 0.3) is 5.91 Å². The van der Waals surface area contributed by atoms with Crippen molar-refractivity contribution in [2.75, 3.05) is 18.5 Å². The van der Waals surface area contributed by atoms with E-state index in [1.165, 1.54) is 6.20 Å². The summed E-state index contributed by atoms with van der Waals surface area (Å²) in [7, 11) is 0. The summed E-state index contributed by atoms with van der Waals surface area (Å²) in [5, 5.41) is 7.57. The van der Waals surface area contributed by atoms with Crippen LogP contribution >= 0.6 is 0 Å². The van der Waals surface area contributed by atoms with Gasteiger partial charge in [-0.25, -0.2) is 0 Å². The van der Waals surface area contributed by atoms with E-state index in [4.69, 9.17) is 26.5 Å². The van der Waals surface area contributed by atoms with E-state index in [0.29, 0.717) is 47.0 Å². The minimum Gasteiger partial charge on any atom is -0.490 e. The Morgan fingerprint density at radius 1 is 1.22 bits per heavy atom. The average molecular weight is 435 g/mol. The zero-order valence-electron chi connectivity index (χ0n) is 18.0. The number of azide groups is 1. The Kier molecular flexibility index (Phi) is 7.33. The third-order valence-corrected chi connectivity index (χ3v) is 4.84. The van der Waals surface area contributed by atoms with Gasteiger partial charge in [0, 0.05) is 34.8 Å². The van der Waals surface area contributed by atoms with Gasteiger partial charge < -0.3 is 26.3 Å². The van der Waals surface area contributed by atoms with Crippen LogP contribution in [0.2, 0.25) is 0 Å². The van der Waals surface area contributed by atoms with Gasteiger partial charge in [-0.1, -0.05) is 17.2 Å². The number of ether oxygens (including phenoxy) is 2. The molecule has 0 bridgehead atoms. The molecule has 1 heterocycles. The van der Waals surface area contributed by atoms with Crippen LogP contribution in [0.1, 0.15) is 35.3 Å². The molecule has 32 heavy (non-hydrogen) atoms. The third-order valence-electron chi connectivity index (χ3n) is 4.84. The van der Waals surface area contributed by atoms with Crippen molar-refractivity contribution in [1.82, 2.24) is 4.98 Å². The molecular formula is C22H25N7O3. The summed E-state index contributed by atoms with van der Waals surface area (Å²) in [6, 6.07) is 9.02. The van der Waals surface area contributed by atoms with Crippen molar-refractivity contribution in [2.24, 2.45) is 16.6 Å². The zero-order chi connectivity index (χ0) is 23.1. The van der Waals surface area contributed by atoms with E-state index in [2.05, 4.69) is 20.3 Å². The van der Waals surface area contributed by atoms with Crippen molar-refractivity contribution < 1.29 is 14.3 Å². The molecule has 0 unspecified atom stereocenters. The Labute approximate surface area is 185 Å². The second-order valence-corrected chi connectivity index (χ2v) is 6.75. The summed E-state index contributed by atoms with van der Waals surface area (Å²) >= 11 is 0. The molecule has 0 saturated carbocycles. The Morgan fingerprint density at radius 2 is 1.94 bits per heavy atom. The highest BCUT2D eigenvalue weighted by atomic mass is 16.5. The van der Waals surface area contributed by atoms with Crippen molar-refractivity contribution >= 4 is 28.2 Å². The van der Waals surface area contributed by atoms with Crippen LogP contribution in [-0.2, 0) is 13.1 Å². The van der Waals surface area contributed by atoms with E-state index in [-0.39, 0.29) is 18.7 Å². The van der Waals surface area contributed by atoms with Crippen LogP contribution in [0.4, 0.5) is 11.4 Å². The predicted molar refractivity (Wildman–Crippen MR) is 123 cm³/mol. The molecule has 166 valence electrons.